The first-order chi connectivity index (χ1) is 9.61. The minimum atomic E-state index is -0.261. The van der Waals surface area contributed by atoms with Crippen molar-refractivity contribution in [3.8, 4) is 0 Å². The van der Waals surface area contributed by atoms with Crippen LogP contribution < -0.4 is 10.6 Å². The van der Waals surface area contributed by atoms with Gasteiger partial charge in [0.05, 0.1) is 12.2 Å². The lowest BCUT2D eigenvalue weighted by Gasteiger charge is -2.27. The van der Waals surface area contributed by atoms with Gasteiger partial charge in [0.2, 0.25) is 5.91 Å². The van der Waals surface area contributed by atoms with E-state index in [-0.39, 0.29) is 18.4 Å². The summed E-state index contributed by atoms with van der Waals surface area (Å²) in [7, 11) is 1.73. The van der Waals surface area contributed by atoms with E-state index >= 15 is 0 Å². The summed E-state index contributed by atoms with van der Waals surface area (Å²) in [4.78, 5) is 25.7. The van der Waals surface area contributed by atoms with Crippen LogP contribution in [0.1, 0.15) is 23.1 Å². The summed E-state index contributed by atoms with van der Waals surface area (Å²) in [5.41, 5.74) is 1.35. The van der Waals surface area contributed by atoms with Crippen molar-refractivity contribution in [3.05, 3.63) is 17.5 Å². The van der Waals surface area contributed by atoms with E-state index in [9.17, 15) is 9.59 Å². The van der Waals surface area contributed by atoms with E-state index in [4.69, 9.17) is 0 Å². The maximum Gasteiger partial charge on any atom is 0.269 e. The molecule has 1 aliphatic rings. The molecule has 1 aromatic rings. The van der Waals surface area contributed by atoms with E-state index in [0.717, 1.165) is 25.2 Å². The molecule has 0 radical (unpaired) electrons. The fourth-order valence-electron chi connectivity index (χ4n) is 2.18. The first kappa shape index (κ1) is 14.5. The second-order valence-corrected chi connectivity index (χ2v) is 4.81. The molecule has 1 aromatic heterocycles. The molecule has 1 aliphatic heterocycles. The molecule has 110 valence electrons. The number of hydrogen-bond acceptors (Lipinski definition) is 4. The summed E-state index contributed by atoms with van der Waals surface area (Å²) < 4.78 is 1.55. The van der Waals surface area contributed by atoms with Crippen molar-refractivity contribution in [1.29, 1.82) is 0 Å². The maximum absolute atomic E-state index is 12.0. The number of aromatic nitrogens is 2. The lowest BCUT2D eigenvalue weighted by atomic mass is 10.3. The minimum Gasteiger partial charge on any atom is -0.342 e. The highest BCUT2D eigenvalue weighted by molar-refractivity contribution is 5.95. The van der Waals surface area contributed by atoms with Crippen LogP contribution in [0.25, 0.3) is 0 Å². The number of hydrogen-bond donors (Lipinski definition) is 2. The third-order valence-electron chi connectivity index (χ3n) is 3.40. The van der Waals surface area contributed by atoms with Crippen molar-refractivity contribution in [3.63, 3.8) is 0 Å². The number of rotatable bonds is 4. The van der Waals surface area contributed by atoms with Crippen LogP contribution in [0.4, 0.5) is 0 Å². The van der Waals surface area contributed by atoms with Crippen LogP contribution in [0.5, 0.6) is 0 Å². The Morgan fingerprint density at radius 2 is 2.10 bits per heavy atom. The highest BCUT2D eigenvalue weighted by atomic mass is 16.2. The van der Waals surface area contributed by atoms with Crippen LogP contribution in [-0.4, -0.2) is 59.2 Å². The molecule has 0 saturated carbocycles. The second-order valence-electron chi connectivity index (χ2n) is 4.81. The number of nitrogens with zero attached hydrogens (tertiary/aromatic N) is 3. The monoisotopic (exact) mass is 279 g/mol. The van der Waals surface area contributed by atoms with E-state index in [2.05, 4.69) is 15.7 Å². The van der Waals surface area contributed by atoms with Crippen molar-refractivity contribution in [2.45, 2.75) is 13.3 Å². The molecule has 0 bridgehead atoms. The molecule has 2 N–H and O–H groups in total. The Morgan fingerprint density at radius 3 is 2.70 bits per heavy atom. The van der Waals surface area contributed by atoms with Crippen molar-refractivity contribution >= 4 is 11.8 Å². The Bertz CT molecular complexity index is 491. The summed E-state index contributed by atoms with van der Waals surface area (Å²) in [5, 5.41) is 10.1. The van der Waals surface area contributed by atoms with Gasteiger partial charge in [-0.2, -0.15) is 5.10 Å². The molecule has 1 saturated heterocycles. The fraction of sp³-hybridized carbons (Fsp3) is 0.615. The standard InChI is InChI=1S/C13H21N5O2/c1-3-10-8-11(17(2)16-10)13(20)15-9-12(19)18-6-4-14-5-7-18/h8,14H,3-7,9H2,1-2H3,(H,15,20). The van der Waals surface area contributed by atoms with Crippen LogP contribution in [0.15, 0.2) is 6.07 Å². The zero-order valence-electron chi connectivity index (χ0n) is 12.0. The summed E-state index contributed by atoms with van der Waals surface area (Å²) in [6.45, 7) is 5.02. The topological polar surface area (TPSA) is 79.3 Å². The van der Waals surface area contributed by atoms with Crippen molar-refractivity contribution in [2.75, 3.05) is 32.7 Å². The van der Waals surface area contributed by atoms with Crippen LogP contribution in [0, 0.1) is 0 Å². The third kappa shape index (κ3) is 3.36. The zero-order valence-corrected chi connectivity index (χ0v) is 12.0. The van der Waals surface area contributed by atoms with Crippen LogP contribution in [0.3, 0.4) is 0 Å². The maximum atomic E-state index is 12.0. The van der Waals surface area contributed by atoms with E-state index in [1.807, 2.05) is 6.92 Å². The normalized spacial score (nSPS) is 15.2. The van der Waals surface area contributed by atoms with Gasteiger partial charge in [-0.3, -0.25) is 14.3 Å². The molecule has 0 spiro atoms. The number of aryl methyl sites for hydroxylation is 2. The van der Waals surface area contributed by atoms with Crippen LogP contribution in [-0.2, 0) is 18.3 Å². The van der Waals surface area contributed by atoms with Gasteiger partial charge < -0.3 is 15.5 Å². The van der Waals surface area contributed by atoms with E-state index in [1.165, 1.54) is 0 Å². The van der Waals surface area contributed by atoms with Crippen molar-refractivity contribution < 1.29 is 9.59 Å². The zero-order chi connectivity index (χ0) is 14.5. The Kier molecular flexibility index (Phi) is 4.73. The van der Waals surface area contributed by atoms with Crippen molar-refractivity contribution in [1.82, 2.24) is 25.3 Å². The molecule has 0 unspecified atom stereocenters. The van der Waals surface area contributed by atoms with E-state index in [1.54, 1.807) is 22.7 Å². The highest BCUT2D eigenvalue weighted by Gasteiger charge is 2.18. The number of amides is 2. The lowest BCUT2D eigenvalue weighted by molar-refractivity contribution is -0.130. The summed E-state index contributed by atoms with van der Waals surface area (Å²) in [6.07, 6.45) is 0.779. The van der Waals surface area contributed by atoms with Gasteiger partial charge in [-0.1, -0.05) is 6.92 Å². The first-order valence-electron chi connectivity index (χ1n) is 6.91. The predicted molar refractivity (Wildman–Crippen MR) is 74.4 cm³/mol. The molecule has 7 nitrogen and oxygen atoms in total. The van der Waals surface area contributed by atoms with Gasteiger partial charge in [0.1, 0.15) is 5.69 Å². The molecule has 2 heterocycles. The predicted octanol–water partition coefficient (Wildman–Crippen LogP) is -0.856. The molecule has 0 aliphatic carbocycles. The molecule has 0 atom stereocenters. The lowest BCUT2D eigenvalue weighted by Crippen LogP contribution is -2.49. The Labute approximate surface area is 118 Å². The molecule has 2 rings (SSSR count). The Morgan fingerprint density at radius 1 is 1.40 bits per heavy atom. The highest BCUT2D eigenvalue weighted by Crippen LogP contribution is 2.03. The Balaban J connectivity index is 1.87. The van der Waals surface area contributed by atoms with Gasteiger partial charge in [-0.25, -0.2) is 0 Å². The number of carbonyl (C=O) groups excluding carboxylic acids is 2. The van der Waals surface area contributed by atoms with Gasteiger partial charge in [0, 0.05) is 33.2 Å². The van der Waals surface area contributed by atoms with Crippen molar-refractivity contribution in [2.24, 2.45) is 7.05 Å². The fourth-order valence-corrected chi connectivity index (χ4v) is 2.18. The molecule has 20 heavy (non-hydrogen) atoms. The van der Waals surface area contributed by atoms with Crippen LogP contribution in [0.2, 0.25) is 0 Å². The minimum absolute atomic E-state index is 0.0332. The summed E-state index contributed by atoms with van der Waals surface area (Å²) >= 11 is 0. The van der Waals surface area contributed by atoms with Gasteiger partial charge >= 0.3 is 0 Å². The van der Waals surface area contributed by atoms with Gasteiger partial charge in [0.25, 0.3) is 5.91 Å². The summed E-state index contributed by atoms with van der Waals surface area (Å²) in [6, 6.07) is 1.75. The quantitative estimate of drug-likeness (QED) is 0.752. The average Bonchev–Trinajstić information content (AvgIpc) is 2.86. The van der Waals surface area contributed by atoms with E-state index in [0.29, 0.717) is 18.8 Å². The molecule has 7 heteroatoms. The number of nitrogens with one attached hydrogen (secondary N) is 2. The molecular formula is C13H21N5O2. The molecule has 0 aromatic carbocycles. The Hall–Kier alpha value is -1.89. The van der Waals surface area contributed by atoms with Crippen LogP contribution >= 0.6 is 0 Å². The average molecular weight is 279 g/mol. The second kappa shape index (κ2) is 6.51. The third-order valence-corrected chi connectivity index (χ3v) is 3.40. The molecule has 1 fully saturated rings. The largest absolute Gasteiger partial charge is 0.342 e. The SMILES string of the molecule is CCc1cc(C(=O)NCC(=O)N2CCNCC2)n(C)n1. The summed E-state index contributed by atoms with van der Waals surface area (Å²) in [5.74, 6) is -0.305. The molecular weight excluding hydrogens is 258 g/mol. The molecule has 2 amide bonds. The first-order valence-corrected chi connectivity index (χ1v) is 6.91. The number of carbonyl (C=O) groups is 2. The van der Waals surface area contributed by atoms with E-state index < -0.39 is 0 Å². The van der Waals surface area contributed by atoms with Gasteiger partial charge in [-0.05, 0) is 12.5 Å². The number of piperazine rings is 1. The van der Waals surface area contributed by atoms with Gasteiger partial charge in [-0.15, -0.1) is 0 Å². The smallest absolute Gasteiger partial charge is 0.269 e. The van der Waals surface area contributed by atoms with Gasteiger partial charge in [0.15, 0.2) is 0 Å².